The number of fused-ring (bicyclic) bond motifs is 2. The first-order chi connectivity index (χ1) is 18.3. The summed E-state index contributed by atoms with van der Waals surface area (Å²) >= 11 is 0. The third-order valence-electron chi connectivity index (χ3n) is 6.40. The highest BCUT2D eigenvalue weighted by Gasteiger charge is 2.13. The fourth-order valence-electron chi connectivity index (χ4n) is 4.57. The molecule has 0 saturated heterocycles. The van der Waals surface area contributed by atoms with Gasteiger partial charge in [0.25, 0.3) is 0 Å². The van der Waals surface area contributed by atoms with E-state index < -0.39 is 11.9 Å². The number of carboxylic acids is 2. The highest BCUT2D eigenvalue weighted by atomic mass is 16.4. The molecule has 0 radical (unpaired) electrons. The first kappa shape index (κ1) is 24.3. The minimum absolute atomic E-state index is 0.164. The molecule has 0 amide bonds. The lowest BCUT2D eigenvalue weighted by molar-refractivity contribution is 0.0682. The number of carbonyl (C=O) groups is 2. The standard InChI is InChI=1S/C32H22O6/c33-29-15-11-19(17-27(29)31(35)36)9-13-25-21-5-1-2-6-22(21)26(24-8-4-3-7-23(24)25)14-10-20-12-16-30(34)28(18-20)32(37)38/h1-18,33-34H,(H,35,36)(H,37,38). The van der Waals surface area contributed by atoms with E-state index in [1.807, 2.05) is 72.8 Å². The monoisotopic (exact) mass is 502 g/mol. The molecule has 0 spiro atoms. The van der Waals surface area contributed by atoms with Crippen molar-refractivity contribution in [3.05, 3.63) is 118 Å². The molecule has 0 bridgehead atoms. The largest absolute Gasteiger partial charge is 0.507 e. The van der Waals surface area contributed by atoms with Gasteiger partial charge in [0.2, 0.25) is 0 Å². The summed E-state index contributed by atoms with van der Waals surface area (Å²) in [6, 6.07) is 24.8. The number of aromatic hydroxyl groups is 2. The molecule has 6 nitrogen and oxygen atoms in total. The molecule has 0 aliphatic carbocycles. The number of hydrogen-bond acceptors (Lipinski definition) is 4. The molecule has 0 aliphatic heterocycles. The highest BCUT2D eigenvalue weighted by Crippen LogP contribution is 2.35. The third-order valence-corrected chi connectivity index (χ3v) is 6.40. The van der Waals surface area contributed by atoms with Gasteiger partial charge in [-0.05, 0) is 68.1 Å². The predicted octanol–water partition coefficient (Wildman–Crippen LogP) is 7.14. The lowest BCUT2D eigenvalue weighted by atomic mass is 9.90. The van der Waals surface area contributed by atoms with Gasteiger partial charge in [0.1, 0.15) is 22.6 Å². The Hall–Kier alpha value is -5.36. The number of aromatic carboxylic acids is 2. The van der Waals surface area contributed by atoms with Crippen molar-refractivity contribution in [1.82, 2.24) is 0 Å². The van der Waals surface area contributed by atoms with E-state index in [-0.39, 0.29) is 22.6 Å². The fourth-order valence-corrected chi connectivity index (χ4v) is 4.57. The smallest absolute Gasteiger partial charge is 0.339 e. The maximum Gasteiger partial charge on any atom is 0.339 e. The van der Waals surface area contributed by atoms with Gasteiger partial charge >= 0.3 is 11.9 Å². The average molecular weight is 503 g/mol. The summed E-state index contributed by atoms with van der Waals surface area (Å²) in [6.45, 7) is 0. The van der Waals surface area contributed by atoms with Crippen molar-refractivity contribution < 1.29 is 30.0 Å². The van der Waals surface area contributed by atoms with E-state index >= 15 is 0 Å². The molecule has 5 aromatic rings. The van der Waals surface area contributed by atoms with E-state index in [4.69, 9.17) is 0 Å². The summed E-state index contributed by atoms with van der Waals surface area (Å²) in [5, 5.41) is 42.3. The van der Waals surface area contributed by atoms with Crippen LogP contribution in [0.15, 0.2) is 84.9 Å². The van der Waals surface area contributed by atoms with Crippen LogP contribution in [-0.4, -0.2) is 32.4 Å². The molecule has 0 aromatic heterocycles. The zero-order chi connectivity index (χ0) is 26.8. The van der Waals surface area contributed by atoms with Crippen molar-refractivity contribution in [2.45, 2.75) is 0 Å². The zero-order valence-corrected chi connectivity index (χ0v) is 20.0. The van der Waals surface area contributed by atoms with Gasteiger partial charge in [0.05, 0.1) is 0 Å². The third kappa shape index (κ3) is 4.58. The summed E-state index contributed by atoms with van der Waals surface area (Å²) < 4.78 is 0. The van der Waals surface area contributed by atoms with Crippen molar-refractivity contribution in [3.8, 4) is 11.5 Å². The van der Waals surface area contributed by atoms with Gasteiger partial charge in [0, 0.05) is 0 Å². The minimum atomic E-state index is -1.20. The molecule has 5 aromatic carbocycles. The maximum absolute atomic E-state index is 11.4. The molecule has 0 aliphatic rings. The van der Waals surface area contributed by atoms with Gasteiger partial charge < -0.3 is 20.4 Å². The van der Waals surface area contributed by atoms with Crippen molar-refractivity contribution >= 4 is 57.8 Å². The Bertz CT molecular complexity index is 1610. The lowest BCUT2D eigenvalue weighted by Crippen LogP contribution is -1.97. The van der Waals surface area contributed by atoms with E-state index in [1.165, 1.54) is 24.3 Å². The number of carboxylic acid groups (broad SMARTS) is 2. The van der Waals surface area contributed by atoms with Crippen LogP contribution in [-0.2, 0) is 0 Å². The van der Waals surface area contributed by atoms with Crippen molar-refractivity contribution in [2.75, 3.05) is 0 Å². The topological polar surface area (TPSA) is 115 Å². The van der Waals surface area contributed by atoms with Crippen molar-refractivity contribution in [1.29, 1.82) is 0 Å². The van der Waals surface area contributed by atoms with Crippen LogP contribution < -0.4 is 0 Å². The molecule has 186 valence electrons. The summed E-state index contributed by atoms with van der Waals surface area (Å²) in [5.74, 6) is -2.97. The van der Waals surface area contributed by atoms with Crippen molar-refractivity contribution in [3.63, 3.8) is 0 Å². The summed E-state index contributed by atoms with van der Waals surface area (Å²) in [5.41, 5.74) is 2.86. The maximum atomic E-state index is 11.4. The van der Waals surface area contributed by atoms with E-state index in [0.29, 0.717) is 11.1 Å². The molecule has 4 N–H and O–H groups in total. The van der Waals surface area contributed by atoms with Crippen LogP contribution >= 0.6 is 0 Å². The minimum Gasteiger partial charge on any atom is -0.507 e. The SMILES string of the molecule is O=C(O)c1cc(C=Cc2c3ccccc3c(C=Cc3ccc(O)c(C(=O)O)c3)c3ccccc23)ccc1O. The second-order valence-electron chi connectivity index (χ2n) is 8.75. The Labute approximate surface area is 217 Å². The summed E-state index contributed by atoms with van der Waals surface area (Å²) in [7, 11) is 0. The summed E-state index contributed by atoms with van der Waals surface area (Å²) in [6.07, 6.45) is 7.52. The zero-order valence-electron chi connectivity index (χ0n) is 20.0. The van der Waals surface area contributed by atoms with E-state index in [2.05, 4.69) is 0 Å². The van der Waals surface area contributed by atoms with Crippen molar-refractivity contribution in [2.24, 2.45) is 0 Å². The Morgan fingerprint density at radius 1 is 0.500 bits per heavy atom. The molecule has 38 heavy (non-hydrogen) atoms. The van der Waals surface area contributed by atoms with E-state index in [1.54, 1.807) is 12.1 Å². The second kappa shape index (κ2) is 9.95. The first-order valence-corrected chi connectivity index (χ1v) is 11.8. The lowest BCUT2D eigenvalue weighted by Gasteiger charge is -2.13. The van der Waals surface area contributed by atoms with Gasteiger partial charge in [-0.15, -0.1) is 0 Å². The van der Waals surface area contributed by atoms with E-state index in [0.717, 1.165) is 32.7 Å². The molecule has 0 saturated carbocycles. The van der Waals surface area contributed by atoms with Crippen LogP contribution in [0.25, 0.3) is 45.8 Å². The number of hydrogen-bond donors (Lipinski definition) is 4. The van der Waals surface area contributed by atoms with Gasteiger partial charge in [-0.2, -0.15) is 0 Å². The molecule has 0 fully saturated rings. The van der Waals surface area contributed by atoms with E-state index in [9.17, 15) is 30.0 Å². The van der Waals surface area contributed by atoms with Gasteiger partial charge in [-0.3, -0.25) is 0 Å². The number of phenols is 2. The van der Waals surface area contributed by atoms with Crippen LogP contribution in [0.5, 0.6) is 11.5 Å². The quantitative estimate of drug-likeness (QED) is 0.145. The van der Waals surface area contributed by atoms with Gasteiger partial charge in [-0.1, -0.05) is 85.0 Å². The molecule has 0 atom stereocenters. The van der Waals surface area contributed by atoms with Crippen LogP contribution in [0.4, 0.5) is 0 Å². The Kier molecular flexibility index (Phi) is 6.37. The summed E-state index contributed by atoms with van der Waals surface area (Å²) in [4.78, 5) is 22.9. The molecular formula is C32H22O6. The van der Waals surface area contributed by atoms with Crippen LogP contribution in [0.1, 0.15) is 43.0 Å². The second-order valence-corrected chi connectivity index (χ2v) is 8.75. The number of benzene rings is 5. The molecule has 0 heterocycles. The Morgan fingerprint density at radius 3 is 1.16 bits per heavy atom. The van der Waals surface area contributed by atoms with Crippen LogP contribution in [0, 0.1) is 0 Å². The normalized spacial score (nSPS) is 11.6. The predicted molar refractivity (Wildman–Crippen MR) is 149 cm³/mol. The highest BCUT2D eigenvalue weighted by molar-refractivity contribution is 6.14. The Morgan fingerprint density at radius 2 is 0.842 bits per heavy atom. The molecule has 5 rings (SSSR count). The molecule has 0 unspecified atom stereocenters. The van der Waals surface area contributed by atoms with Crippen LogP contribution in [0.3, 0.4) is 0 Å². The molecular weight excluding hydrogens is 480 g/mol. The Balaban J connectivity index is 1.67. The fraction of sp³-hybridized carbons (Fsp3) is 0. The van der Waals surface area contributed by atoms with Gasteiger partial charge in [0.15, 0.2) is 0 Å². The number of rotatable bonds is 6. The first-order valence-electron chi connectivity index (χ1n) is 11.8. The van der Waals surface area contributed by atoms with Gasteiger partial charge in [-0.25, -0.2) is 9.59 Å². The molecule has 6 heteroatoms. The average Bonchev–Trinajstić information content (AvgIpc) is 2.91. The van der Waals surface area contributed by atoms with Crippen LogP contribution in [0.2, 0.25) is 0 Å².